The lowest BCUT2D eigenvalue weighted by molar-refractivity contribution is 0.567. The Morgan fingerprint density at radius 3 is 2.43 bits per heavy atom. The normalized spacial score (nSPS) is 13.0. The minimum absolute atomic E-state index is 0.139. The highest BCUT2D eigenvalue weighted by Crippen LogP contribution is 2.21. The van der Waals surface area contributed by atoms with Crippen LogP contribution in [0.3, 0.4) is 0 Å². The van der Waals surface area contributed by atoms with E-state index in [-0.39, 0.29) is 5.75 Å². The van der Waals surface area contributed by atoms with E-state index < -0.39 is 16.1 Å². The highest BCUT2D eigenvalue weighted by atomic mass is 32.2. The molecule has 2 rings (SSSR count). The molecular weight excluding hydrogens is 284 g/mol. The summed E-state index contributed by atoms with van der Waals surface area (Å²) < 4.78 is 27.2. The fourth-order valence-electron chi connectivity index (χ4n) is 2.06. The predicted octanol–water partition coefficient (Wildman–Crippen LogP) is 2.89. The Kier molecular flexibility index (Phi) is 5.47. The van der Waals surface area contributed by atoms with E-state index in [2.05, 4.69) is 9.71 Å². The number of unbranched alkanes of at least 4 members (excludes halogenated alkanes) is 1. The number of benzene rings is 1. The third-order valence-electron chi connectivity index (χ3n) is 3.18. The zero-order valence-electron chi connectivity index (χ0n) is 12.1. The first-order valence-electron chi connectivity index (χ1n) is 7.08. The van der Waals surface area contributed by atoms with Crippen LogP contribution in [0.4, 0.5) is 0 Å². The first-order chi connectivity index (χ1) is 10.1. The van der Waals surface area contributed by atoms with Gasteiger partial charge < -0.3 is 0 Å². The molecule has 1 unspecified atom stereocenters. The third kappa shape index (κ3) is 4.65. The van der Waals surface area contributed by atoms with Gasteiger partial charge in [0.2, 0.25) is 10.0 Å². The molecule has 112 valence electrons. The van der Waals surface area contributed by atoms with Crippen LogP contribution in [0.5, 0.6) is 0 Å². The monoisotopic (exact) mass is 304 g/mol. The number of nitrogens with zero attached hydrogens (tertiary/aromatic N) is 1. The van der Waals surface area contributed by atoms with Gasteiger partial charge in [-0.3, -0.25) is 4.98 Å². The molecule has 1 aromatic heterocycles. The van der Waals surface area contributed by atoms with Gasteiger partial charge in [-0.05, 0) is 24.1 Å². The van der Waals surface area contributed by atoms with Crippen LogP contribution in [-0.2, 0) is 10.0 Å². The number of pyridine rings is 1. The summed E-state index contributed by atoms with van der Waals surface area (Å²) >= 11 is 0. The molecule has 0 bridgehead atoms. The number of hydrogen-bond acceptors (Lipinski definition) is 3. The van der Waals surface area contributed by atoms with E-state index in [1.54, 1.807) is 6.20 Å². The smallest absolute Gasteiger partial charge is 0.212 e. The molecule has 0 fully saturated rings. The maximum atomic E-state index is 12.2. The molecule has 1 heterocycles. The average Bonchev–Trinajstić information content (AvgIpc) is 2.52. The van der Waals surface area contributed by atoms with Gasteiger partial charge in [-0.1, -0.05) is 49.7 Å². The van der Waals surface area contributed by atoms with Gasteiger partial charge in [0.1, 0.15) is 0 Å². The molecule has 0 aliphatic carbocycles. The van der Waals surface area contributed by atoms with E-state index >= 15 is 0 Å². The van der Waals surface area contributed by atoms with Gasteiger partial charge in [-0.2, -0.15) is 0 Å². The van der Waals surface area contributed by atoms with Gasteiger partial charge >= 0.3 is 0 Å². The van der Waals surface area contributed by atoms with Crippen molar-refractivity contribution in [3.05, 3.63) is 66.0 Å². The van der Waals surface area contributed by atoms with Crippen molar-refractivity contribution in [2.75, 3.05) is 5.75 Å². The summed E-state index contributed by atoms with van der Waals surface area (Å²) in [6.07, 6.45) is 3.17. The van der Waals surface area contributed by atoms with Crippen molar-refractivity contribution in [1.29, 1.82) is 0 Å². The predicted molar refractivity (Wildman–Crippen MR) is 84.4 cm³/mol. The second kappa shape index (κ2) is 7.33. The molecule has 0 aliphatic rings. The van der Waals surface area contributed by atoms with Crippen molar-refractivity contribution in [1.82, 2.24) is 9.71 Å². The summed E-state index contributed by atoms with van der Waals surface area (Å²) in [6, 6.07) is 14.6. The van der Waals surface area contributed by atoms with E-state index in [1.807, 2.05) is 55.5 Å². The largest absolute Gasteiger partial charge is 0.259 e. The highest BCUT2D eigenvalue weighted by molar-refractivity contribution is 7.89. The number of aromatic nitrogens is 1. The maximum Gasteiger partial charge on any atom is 0.212 e. The summed E-state index contributed by atoms with van der Waals surface area (Å²) in [7, 11) is -3.33. The van der Waals surface area contributed by atoms with Gasteiger partial charge in [0, 0.05) is 6.20 Å². The van der Waals surface area contributed by atoms with Crippen LogP contribution in [0.1, 0.15) is 37.1 Å². The van der Waals surface area contributed by atoms with E-state index in [4.69, 9.17) is 0 Å². The first kappa shape index (κ1) is 15.7. The number of rotatable bonds is 7. The summed E-state index contributed by atoms with van der Waals surface area (Å²) in [4.78, 5) is 4.29. The Labute approximate surface area is 126 Å². The maximum absolute atomic E-state index is 12.2. The van der Waals surface area contributed by atoms with Crippen LogP contribution in [-0.4, -0.2) is 19.2 Å². The van der Waals surface area contributed by atoms with Crippen molar-refractivity contribution in [3.63, 3.8) is 0 Å². The van der Waals surface area contributed by atoms with Crippen LogP contribution in [0, 0.1) is 0 Å². The van der Waals surface area contributed by atoms with Gasteiger partial charge in [0.15, 0.2) is 0 Å². The minimum Gasteiger partial charge on any atom is -0.259 e. The van der Waals surface area contributed by atoms with Crippen molar-refractivity contribution in [2.45, 2.75) is 25.8 Å². The Morgan fingerprint density at radius 1 is 1.10 bits per heavy atom. The zero-order chi connectivity index (χ0) is 15.1. The molecule has 0 saturated carbocycles. The minimum atomic E-state index is -3.33. The topological polar surface area (TPSA) is 59.1 Å². The van der Waals surface area contributed by atoms with Crippen molar-refractivity contribution < 1.29 is 8.42 Å². The summed E-state index contributed by atoms with van der Waals surface area (Å²) in [5.41, 5.74) is 1.58. The quantitative estimate of drug-likeness (QED) is 0.855. The van der Waals surface area contributed by atoms with Crippen LogP contribution in [0.25, 0.3) is 0 Å². The molecule has 5 heteroatoms. The molecule has 4 nitrogen and oxygen atoms in total. The molecule has 1 N–H and O–H groups in total. The molecule has 0 spiro atoms. The number of hydrogen-bond donors (Lipinski definition) is 1. The highest BCUT2D eigenvalue weighted by Gasteiger charge is 2.21. The second-order valence-corrected chi connectivity index (χ2v) is 6.76. The first-order valence-corrected chi connectivity index (χ1v) is 8.73. The fourth-order valence-corrected chi connectivity index (χ4v) is 3.47. The molecule has 0 aliphatic heterocycles. The van der Waals surface area contributed by atoms with E-state index in [0.717, 1.165) is 12.0 Å². The molecule has 0 saturated heterocycles. The molecular formula is C16H20N2O2S. The molecule has 1 aromatic carbocycles. The Hall–Kier alpha value is -1.72. The fraction of sp³-hybridized carbons (Fsp3) is 0.312. The SMILES string of the molecule is CCCCS(=O)(=O)NC(c1ccccc1)c1ccccn1. The lowest BCUT2D eigenvalue weighted by Crippen LogP contribution is -2.31. The van der Waals surface area contributed by atoms with Gasteiger partial charge in [0.05, 0.1) is 17.5 Å². The third-order valence-corrected chi connectivity index (χ3v) is 4.60. The summed E-state index contributed by atoms with van der Waals surface area (Å²) in [6.45, 7) is 1.98. The van der Waals surface area contributed by atoms with Gasteiger partial charge in [-0.15, -0.1) is 0 Å². The average molecular weight is 304 g/mol. The Balaban J connectivity index is 2.30. The summed E-state index contributed by atoms with van der Waals surface area (Å²) in [5.74, 6) is 0.139. The standard InChI is InChI=1S/C16H20N2O2S/c1-2-3-13-21(19,20)18-16(14-9-5-4-6-10-14)15-11-7-8-12-17-15/h4-12,16,18H,2-3,13H2,1H3. The van der Waals surface area contributed by atoms with E-state index in [1.165, 1.54) is 0 Å². The van der Waals surface area contributed by atoms with Gasteiger partial charge in [-0.25, -0.2) is 13.1 Å². The van der Waals surface area contributed by atoms with Crippen LogP contribution >= 0.6 is 0 Å². The zero-order valence-corrected chi connectivity index (χ0v) is 12.9. The van der Waals surface area contributed by atoms with Crippen molar-refractivity contribution in [3.8, 4) is 0 Å². The molecule has 21 heavy (non-hydrogen) atoms. The lowest BCUT2D eigenvalue weighted by atomic mass is 10.0. The van der Waals surface area contributed by atoms with Crippen molar-refractivity contribution >= 4 is 10.0 Å². The van der Waals surface area contributed by atoms with Crippen molar-refractivity contribution in [2.24, 2.45) is 0 Å². The second-order valence-electron chi connectivity index (χ2n) is 4.89. The number of nitrogens with one attached hydrogen (secondary N) is 1. The van der Waals surface area contributed by atoms with E-state index in [0.29, 0.717) is 12.1 Å². The molecule has 1 atom stereocenters. The molecule has 0 radical (unpaired) electrons. The molecule has 2 aromatic rings. The van der Waals surface area contributed by atoms with E-state index in [9.17, 15) is 8.42 Å². The number of sulfonamides is 1. The molecule has 0 amide bonds. The van der Waals surface area contributed by atoms with Crippen LogP contribution < -0.4 is 4.72 Å². The Bertz CT molecular complexity index is 603. The summed E-state index contributed by atoms with van der Waals surface area (Å²) in [5, 5.41) is 0. The van der Waals surface area contributed by atoms with Gasteiger partial charge in [0.25, 0.3) is 0 Å². The van der Waals surface area contributed by atoms with Crippen LogP contribution in [0.15, 0.2) is 54.7 Å². The lowest BCUT2D eigenvalue weighted by Gasteiger charge is -2.18. The van der Waals surface area contributed by atoms with Crippen LogP contribution in [0.2, 0.25) is 0 Å². The Morgan fingerprint density at radius 2 is 1.81 bits per heavy atom.